The van der Waals surface area contributed by atoms with Crippen LogP contribution in [0.4, 0.5) is 0 Å². The lowest BCUT2D eigenvalue weighted by atomic mass is 10.1. The third-order valence-corrected chi connectivity index (χ3v) is 5.42. The fourth-order valence-electron chi connectivity index (χ4n) is 3.66. The van der Waals surface area contributed by atoms with E-state index in [9.17, 15) is 4.79 Å². The van der Waals surface area contributed by atoms with Crippen molar-refractivity contribution in [3.8, 4) is 11.4 Å². The molecule has 0 radical (unpaired) electrons. The molecule has 0 bridgehead atoms. The Balaban J connectivity index is 1.38. The van der Waals surface area contributed by atoms with Gasteiger partial charge < -0.3 is 10.1 Å². The number of benzene rings is 2. The Morgan fingerprint density at radius 2 is 1.78 bits per heavy atom. The maximum Gasteiger partial charge on any atom is 0.272 e. The number of rotatable bonds is 7. The second-order valence-electron chi connectivity index (χ2n) is 7.86. The second-order valence-corrected chi connectivity index (χ2v) is 7.86. The van der Waals surface area contributed by atoms with Gasteiger partial charge in [0.25, 0.3) is 5.91 Å². The third kappa shape index (κ3) is 4.56. The van der Waals surface area contributed by atoms with Crippen LogP contribution in [-0.4, -0.2) is 25.5 Å². The summed E-state index contributed by atoms with van der Waals surface area (Å²) < 4.78 is 9.34. The molecule has 2 aromatic heterocycles. The lowest BCUT2D eigenvalue weighted by molar-refractivity contribution is 0.0943. The van der Waals surface area contributed by atoms with Gasteiger partial charge in [0.1, 0.15) is 11.4 Å². The largest absolute Gasteiger partial charge is 0.471 e. The van der Waals surface area contributed by atoms with Gasteiger partial charge in [0.15, 0.2) is 6.73 Å². The van der Waals surface area contributed by atoms with Crippen LogP contribution in [0.15, 0.2) is 60.8 Å². The lowest BCUT2D eigenvalue weighted by Crippen LogP contribution is -2.24. The zero-order valence-corrected chi connectivity index (χ0v) is 18.8. The van der Waals surface area contributed by atoms with Crippen molar-refractivity contribution in [3.63, 3.8) is 0 Å². The molecule has 164 valence electrons. The standard InChI is InChI=1S/C25H27N5O2/c1-17-10-11-24(18(2)14-17)32-16-29-13-12-23(28-29)25(31)26-15-22-19(3)27-30(20(22)4)21-8-6-5-7-9-21/h5-14H,15-16H2,1-4H3,(H,26,31). The molecule has 0 aliphatic rings. The third-order valence-electron chi connectivity index (χ3n) is 5.42. The number of ether oxygens (including phenoxy) is 1. The number of carbonyl (C=O) groups excluding carboxylic acids is 1. The van der Waals surface area contributed by atoms with Gasteiger partial charge in [0.05, 0.1) is 11.4 Å². The number of nitrogens with one attached hydrogen (secondary N) is 1. The van der Waals surface area contributed by atoms with Gasteiger partial charge in [-0.3, -0.25) is 4.79 Å². The maximum atomic E-state index is 12.6. The summed E-state index contributed by atoms with van der Waals surface area (Å²) in [4.78, 5) is 12.6. The van der Waals surface area contributed by atoms with Gasteiger partial charge in [-0.2, -0.15) is 10.2 Å². The van der Waals surface area contributed by atoms with Gasteiger partial charge in [-0.15, -0.1) is 0 Å². The summed E-state index contributed by atoms with van der Waals surface area (Å²) in [6, 6.07) is 17.7. The van der Waals surface area contributed by atoms with Crippen LogP contribution in [0, 0.1) is 27.7 Å². The summed E-state index contributed by atoms with van der Waals surface area (Å²) in [6.07, 6.45) is 1.74. The van der Waals surface area contributed by atoms with Gasteiger partial charge >= 0.3 is 0 Å². The van der Waals surface area contributed by atoms with Crippen LogP contribution in [0.3, 0.4) is 0 Å². The molecule has 7 heteroatoms. The van der Waals surface area contributed by atoms with Crippen molar-refractivity contribution < 1.29 is 9.53 Å². The highest BCUT2D eigenvalue weighted by molar-refractivity contribution is 5.92. The monoisotopic (exact) mass is 429 g/mol. The second kappa shape index (κ2) is 9.09. The van der Waals surface area contributed by atoms with Crippen molar-refractivity contribution in [2.75, 3.05) is 0 Å². The van der Waals surface area contributed by atoms with E-state index in [4.69, 9.17) is 4.74 Å². The molecule has 2 aromatic carbocycles. The van der Waals surface area contributed by atoms with E-state index >= 15 is 0 Å². The van der Waals surface area contributed by atoms with Gasteiger partial charge in [-0.25, -0.2) is 9.36 Å². The predicted molar refractivity (Wildman–Crippen MR) is 123 cm³/mol. The normalized spacial score (nSPS) is 10.9. The summed E-state index contributed by atoms with van der Waals surface area (Å²) in [7, 11) is 0. The van der Waals surface area contributed by atoms with Crippen LogP contribution in [0.25, 0.3) is 5.69 Å². The highest BCUT2D eigenvalue weighted by Crippen LogP contribution is 2.19. The fraction of sp³-hybridized carbons (Fsp3) is 0.240. The summed E-state index contributed by atoms with van der Waals surface area (Å²) in [5.74, 6) is 0.569. The minimum Gasteiger partial charge on any atom is -0.471 e. The van der Waals surface area contributed by atoms with Crippen LogP contribution in [-0.2, 0) is 13.3 Å². The van der Waals surface area contributed by atoms with Gasteiger partial charge in [0.2, 0.25) is 0 Å². The van der Waals surface area contributed by atoms with E-state index in [1.54, 1.807) is 16.9 Å². The Hall–Kier alpha value is -3.87. The van der Waals surface area contributed by atoms with Crippen LogP contribution in [0.1, 0.15) is 38.6 Å². The molecule has 1 N–H and O–H groups in total. The van der Waals surface area contributed by atoms with Crippen LogP contribution in [0.2, 0.25) is 0 Å². The Morgan fingerprint density at radius 1 is 1.00 bits per heavy atom. The molecule has 0 saturated heterocycles. The zero-order chi connectivity index (χ0) is 22.7. The molecular formula is C25H27N5O2. The van der Waals surface area contributed by atoms with E-state index < -0.39 is 0 Å². The van der Waals surface area contributed by atoms with Crippen molar-refractivity contribution in [2.24, 2.45) is 0 Å². The number of aromatic nitrogens is 4. The van der Waals surface area contributed by atoms with E-state index in [-0.39, 0.29) is 12.6 Å². The zero-order valence-electron chi connectivity index (χ0n) is 18.8. The van der Waals surface area contributed by atoms with Crippen molar-refractivity contribution in [1.29, 1.82) is 0 Å². The molecule has 0 unspecified atom stereocenters. The molecule has 32 heavy (non-hydrogen) atoms. The summed E-state index contributed by atoms with van der Waals surface area (Å²) >= 11 is 0. The number of hydrogen-bond donors (Lipinski definition) is 1. The van der Waals surface area contributed by atoms with E-state index in [2.05, 4.69) is 21.6 Å². The molecular weight excluding hydrogens is 402 g/mol. The Kier molecular flexibility index (Phi) is 6.07. The van der Waals surface area contributed by atoms with E-state index in [1.807, 2.05) is 74.8 Å². The lowest BCUT2D eigenvalue weighted by Gasteiger charge is -2.09. The molecule has 7 nitrogen and oxygen atoms in total. The summed E-state index contributed by atoms with van der Waals surface area (Å²) in [5, 5.41) is 11.9. The Morgan fingerprint density at radius 3 is 2.53 bits per heavy atom. The maximum absolute atomic E-state index is 12.6. The number of hydrogen-bond acceptors (Lipinski definition) is 4. The molecule has 1 amide bonds. The molecule has 0 spiro atoms. The van der Waals surface area contributed by atoms with Crippen molar-refractivity contribution in [1.82, 2.24) is 24.9 Å². The average Bonchev–Trinajstić information content (AvgIpc) is 3.37. The number of amides is 1. The average molecular weight is 430 g/mol. The molecule has 0 aliphatic heterocycles. The Labute approximate surface area is 187 Å². The fourth-order valence-corrected chi connectivity index (χ4v) is 3.66. The summed E-state index contributed by atoms with van der Waals surface area (Å²) in [6.45, 7) is 8.63. The van der Waals surface area contributed by atoms with Gasteiger partial charge in [0, 0.05) is 24.0 Å². The molecule has 0 fully saturated rings. The molecule has 2 heterocycles. The molecule has 0 saturated carbocycles. The predicted octanol–water partition coefficient (Wildman–Crippen LogP) is 4.27. The first-order valence-corrected chi connectivity index (χ1v) is 10.5. The van der Waals surface area contributed by atoms with E-state index in [0.717, 1.165) is 34.0 Å². The molecule has 4 rings (SSSR count). The van der Waals surface area contributed by atoms with Crippen LogP contribution >= 0.6 is 0 Å². The first-order valence-electron chi connectivity index (χ1n) is 10.5. The van der Waals surface area contributed by atoms with Crippen LogP contribution in [0.5, 0.6) is 5.75 Å². The highest BCUT2D eigenvalue weighted by Gasteiger charge is 2.15. The minimum atomic E-state index is -0.235. The number of carbonyl (C=O) groups is 1. The highest BCUT2D eigenvalue weighted by atomic mass is 16.5. The van der Waals surface area contributed by atoms with Crippen molar-refractivity contribution >= 4 is 5.91 Å². The van der Waals surface area contributed by atoms with Crippen LogP contribution < -0.4 is 10.1 Å². The van der Waals surface area contributed by atoms with Crippen molar-refractivity contribution in [3.05, 3.63) is 94.6 Å². The van der Waals surface area contributed by atoms with E-state index in [1.165, 1.54) is 5.56 Å². The van der Waals surface area contributed by atoms with Gasteiger partial charge in [-0.05, 0) is 57.5 Å². The first kappa shape index (κ1) is 21.4. The van der Waals surface area contributed by atoms with E-state index in [0.29, 0.717) is 12.2 Å². The number of aryl methyl sites for hydroxylation is 3. The van der Waals surface area contributed by atoms with Gasteiger partial charge in [-0.1, -0.05) is 35.9 Å². The smallest absolute Gasteiger partial charge is 0.272 e. The molecule has 4 aromatic rings. The van der Waals surface area contributed by atoms with Crippen molar-refractivity contribution in [2.45, 2.75) is 41.0 Å². The Bertz CT molecular complexity index is 1240. The topological polar surface area (TPSA) is 74.0 Å². The summed E-state index contributed by atoms with van der Waals surface area (Å²) in [5.41, 5.74) is 6.48. The number of nitrogens with zero attached hydrogens (tertiary/aromatic N) is 4. The SMILES string of the molecule is Cc1ccc(OCn2ccc(C(=O)NCc3c(C)nn(-c4ccccc4)c3C)n2)c(C)c1. The quantitative estimate of drug-likeness (QED) is 0.476. The first-order chi connectivity index (χ1) is 15.4. The molecule has 0 atom stereocenters. The number of para-hydroxylation sites is 1. The molecule has 0 aliphatic carbocycles. The minimum absolute atomic E-state index is 0.235.